The van der Waals surface area contributed by atoms with Crippen LogP contribution in [0.25, 0.3) is 0 Å². The number of aryl methyl sites for hydroxylation is 1. The maximum atomic E-state index is 13.0. The summed E-state index contributed by atoms with van der Waals surface area (Å²) in [7, 11) is 0. The summed E-state index contributed by atoms with van der Waals surface area (Å²) in [5.74, 6) is -1.38. The zero-order valence-electron chi connectivity index (χ0n) is 9.62. The van der Waals surface area contributed by atoms with Crippen molar-refractivity contribution in [1.29, 1.82) is 0 Å². The lowest BCUT2D eigenvalue weighted by Gasteiger charge is -2.06. The van der Waals surface area contributed by atoms with Crippen molar-refractivity contribution in [2.75, 3.05) is 0 Å². The summed E-state index contributed by atoms with van der Waals surface area (Å²) in [6.45, 7) is 5.71. The van der Waals surface area contributed by atoms with E-state index in [-0.39, 0.29) is 23.1 Å². The fourth-order valence-electron chi connectivity index (χ4n) is 2.67. The molecule has 1 aromatic carbocycles. The highest BCUT2D eigenvalue weighted by molar-refractivity contribution is 5.77. The first-order valence-electron chi connectivity index (χ1n) is 5.34. The van der Waals surface area contributed by atoms with Crippen LogP contribution in [-0.2, 0) is 4.79 Å². The Labute approximate surface area is 94.1 Å². The molecule has 2 nitrogen and oxygen atoms in total. The van der Waals surface area contributed by atoms with Gasteiger partial charge in [-0.25, -0.2) is 4.39 Å². The summed E-state index contributed by atoms with van der Waals surface area (Å²) in [5.41, 5.74) is 1.56. The third-order valence-electron chi connectivity index (χ3n) is 3.66. The van der Waals surface area contributed by atoms with E-state index in [1.165, 1.54) is 12.1 Å². The molecule has 0 spiro atoms. The number of hydrogen-bond acceptors (Lipinski definition) is 1. The molecule has 0 radical (unpaired) electrons. The van der Waals surface area contributed by atoms with Crippen molar-refractivity contribution in [3.8, 4) is 0 Å². The lowest BCUT2D eigenvalue weighted by atomic mass is 9.99. The molecule has 0 bridgehead atoms. The van der Waals surface area contributed by atoms with Gasteiger partial charge in [-0.2, -0.15) is 0 Å². The largest absolute Gasteiger partial charge is 0.481 e. The molecule has 16 heavy (non-hydrogen) atoms. The summed E-state index contributed by atoms with van der Waals surface area (Å²) in [6, 6.07) is 4.57. The van der Waals surface area contributed by atoms with E-state index in [1.54, 1.807) is 6.07 Å². The first kappa shape index (κ1) is 11.1. The quantitative estimate of drug-likeness (QED) is 0.835. The van der Waals surface area contributed by atoms with Crippen molar-refractivity contribution >= 4 is 5.97 Å². The van der Waals surface area contributed by atoms with Crippen LogP contribution in [0.4, 0.5) is 4.39 Å². The van der Waals surface area contributed by atoms with E-state index in [0.29, 0.717) is 0 Å². The van der Waals surface area contributed by atoms with Crippen molar-refractivity contribution in [1.82, 2.24) is 0 Å². The second-order valence-corrected chi connectivity index (χ2v) is 5.12. The smallest absolute Gasteiger partial charge is 0.307 e. The Balaban J connectivity index is 2.37. The molecule has 2 rings (SSSR count). The Bertz CT molecular complexity index is 451. The van der Waals surface area contributed by atoms with Gasteiger partial charge < -0.3 is 5.11 Å². The van der Waals surface area contributed by atoms with Crippen LogP contribution in [0.5, 0.6) is 0 Å². The number of halogens is 1. The molecule has 86 valence electrons. The highest BCUT2D eigenvalue weighted by Crippen LogP contribution is 2.64. The van der Waals surface area contributed by atoms with Gasteiger partial charge in [0.25, 0.3) is 0 Å². The van der Waals surface area contributed by atoms with Crippen molar-refractivity contribution in [3.05, 3.63) is 35.1 Å². The van der Waals surface area contributed by atoms with Crippen molar-refractivity contribution in [2.45, 2.75) is 26.7 Å². The normalized spacial score (nSPS) is 26.5. The van der Waals surface area contributed by atoms with Crippen LogP contribution >= 0.6 is 0 Å². The Morgan fingerprint density at radius 2 is 2.06 bits per heavy atom. The van der Waals surface area contributed by atoms with Crippen LogP contribution in [-0.4, -0.2) is 11.1 Å². The van der Waals surface area contributed by atoms with E-state index in [1.807, 2.05) is 20.8 Å². The van der Waals surface area contributed by atoms with Gasteiger partial charge in [0, 0.05) is 5.92 Å². The Morgan fingerprint density at radius 3 is 2.50 bits per heavy atom. The number of carboxylic acid groups (broad SMARTS) is 1. The highest BCUT2D eigenvalue weighted by Gasteiger charge is 2.62. The Kier molecular flexibility index (Phi) is 2.30. The molecule has 0 aromatic heterocycles. The van der Waals surface area contributed by atoms with E-state index in [4.69, 9.17) is 5.11 Å². The molecule has 2 atom stereocenters. The van der Waals surface area contributed by atoms with Gasteiger partial charge in [0.05, 0.1) is 5.92 Å². The first-order chi connectivity index (χ1) is 7.35. The van der Waals surface area contributed by atoms with Crippen LogP contribution in [0.15, 0.2) is 18.2 Å². The average Bonchev–Trinajstić information content (AvgIpc) is 2.69. The zero-order chi connectivity index (χ0) is 12.1. The molecule has 1 N–H and O–H groups in total. The summed E-state index contributed by atoms with van der Waals surface area (Å²) < 4.78 is 13.0. The van der Waals surface area contributed by atoms with Gasteiger partial charge in [0.2, 0.25) is 0 Å². The number of rotatable bonds is 2. The van der Waals surface area contributed by atoms with Gasteiger partial charge in [0.1, 0.15) is 5.82 Å². The molecule has 0 saturated heterocycles. The standard InChI is InChI=1S/C13H15FO2/c1-7-6-8(14)4-5-9(7)10-11(12(15)16)13(10,2)3/h4-6,10-11H,1-3H3,(H,15,16)/t10-,11+/m1/s1. The van der Waals surface area contributed by atoms with Crippen molar-refractivity contribution in [2.24, 2.45) is 11.3 Å². The second-order valence-electron chi connectivity index (χ2n) is 5.12. The fraction of sp³-hybridized carbons (Fsp3) is 0.462. The third-order valence-corrected chi connectivity index (χ3v) is 3.66. The summed E-state index contributed by atoms with van der Waals surface area (Å²) in [5, 5.41) is 9.09. The van der Waals surface area contributed by atoms with Gasteiger partial charge >= 0.3 is 5.97 Å². The molecular weight excluding hydrogens is 207 g/mol. The number of hydrogen-bond donors (Lipinski definition) is 1. The molecule has 0 aliphatic heterocycles. The molecule has 1 aromatic rings. The Morgan fingerprint density at radius 1 is 1.44 bits per heavy atom. The SMILES string of the molecule is Cc1cc(F)ccc1[C@@H]1[C@@H](C(=O)O)C1(C)C. The number of aliphatic carboxylic acids is 1. The van der Waals surface area contributed by atoms with E-state index < -0.39 is 5.97 Å². The Hall–Kier alpha value is -1.38. The highest BCUT2D eigenvalue weighted by atomic mass is 19.1. The first-order valence-corrected chi connectivity index (χ1v) is 5.34. The van der Waals surface area contributed by atoms with Crippen LogP contribution in [0.1, 0.15) is 30.9 Å². The minimum atomic E-state index is -0.765. The summed E-state index contributed by atoms with van der Waals surface area (Å²) in [6.07, 6.45) is 0. The van der Waals surface area contributed by atoms with Crippen LogP contribution in [0.3, 0.4) is 0 Å². The molecule has 3 heteroatoms. The van der Waals surface area contributed by atoms with Gasteiger partial charge in [-0.05, 0) is 35.6 Å². The second kappa shape index (κ2) is 3.30. The van der Waals surface area contributed by atoms with E-state index in [0.717, 1.165) is 11.1 Å². The van der Waals surface area contributed by atoms with Crippen LogP contribution in [0.2, 0.25) is 0 Å². The topological polar surface area (TPSA) is 37.3 Å². The maximum absolute atomic E-state index is 13.0. The van der Waals surface area contributed by atoms with Gasteiger partial charge in [-0.1, -0.05) is 19.9 Å². The lowest BCUT2D eigenvalue weighted by Crippen LogP contribution is -2.03. The molecular formula is C13H15FO2. The summed E-state index contributed by atoms with van der Waals surface area (Å²) in [4.78, 5) is 11.1. The predicted molar refractivity (Wildman–Crippen MR) is 58.8 cm³/mol. The summed E-state index contributed by atoms with van der Waals surface area (Å²) >= 11 is 0. The number of carboxylic acids is 1. The van der Waals surface area contributed by atoms with E-state index >= 15 is 0 Å². The fourth-order valence-corrected chi connectivity index (χ4v) is 2.67. The molecule has 0 amide bonds. The van der Waals surface area contributed by atoms with E-state index in [9.17, 15) is 9.18 Å². The molecule has 1 fully saturated rings. The number of benzene rings is 1. The van der Waals surface area contributed by atoms with Crippen LogP contribution in [0, 0.1) is 24.1 Å². The van der Waals surface area contributed by atoms with E-state index in [2.05, 4.69) is 0 Å². The lowest BCUT2D eigenvalue weighted by molar-refractivity contribution is -0.139. The molecule has 1 aliphatic carbocycles. The zero-order valence-corrected chi connectivity index (χ0v) is 9.62. The van der Waals surface area contributed by atoms with Gasteiger partial charge in [0.15, 0.2) is 0 Å². The van der Waals surface area contributed by atoms with Gasteiger partial charge in [-0.3, -0.25) is 4.79 Å². The molecule has 0 unspecified atom stereocenters. The minimum Gasteiger partial charge on any atom is -0.481 e. The molecule has 1 saturated carbocycles. The average molecular weight is 222 g/mol. The molecule has 0 heterocycles. The maximum Gasteiger partial charge on any atom is 0.307 e. The minimum absolute atomic E-state index is 0.00519. The van der Waals surface area contributed by atoms with Crippen molar-refractivity contribution < 1.29 is 14.3 Å². The number of carbonyl (C=O) groups is 1. The monoisotopic (exact) mass is 222 g/mol. The van der Waals surface area contributed by atoms with Crippen molar-refractivity contribution in [3.63, 3.8) is 0 Å². The van der Waals surface area contributed by atoms with Crippen LogP contribution < -0.4 is 0 Å². The predicted octanol–water partition coefficient (Wildman–Crippen LogP) is 2.96. The third kappa shape index (κ3) is 1.51. The molecule has 1 aliphatic rings. The van der Waals surface area contributed by atoms with Gasteiger partial charge in [-0.15, -0.1) is 0 Å².